The second kappa shape index (κ2) is 20.1. The van der Waals surface area contributed by atoms with Crippen molar-refractivity contribution in [3.05, 3.63) is 99.7 Å². The lowest BCUT2D eigenvalue weighted by atomic mass is 9.59. The van der Waals surface area contributed by atoms with Gasteiger partial charge in [-0.25, -0.2) is 13.1 Å². The lowest BCUT2D eigenvalue weighted by molar-refractivity contribution is -0.384. The van der Waals surface area contributed by atoms with Crippen molar-refractivity contribution in [2.24, 2.45) is 11.3 Å². The number of nitro benzene ring substituents is 1. The van der Waals surface area contributed by atoms with E-state index in [4.69, 9.17) is 23.7 Å². The molecular formula is C53H65N7O11S. The number of carbonyl (C=O) groups excluding carboxylic acids is 1. The molecule has 0 radical (unpaired) electrons. The molecule has 5 aromatic rings. The summed E-state index contributed by atoms with van der Waals surface area (Å²) < 4.78 is 60.3. The molecule has 0 unspecified atom stereocenters. The van der Waals surface area contributed by atoms with E-state index in [1.54, 1.807) is 38.4 Å². The second-order valence-electron chi connectivity index (χ2n) is 20.9. The SMILES string of the molecule is COCCOc1nc2[nH]ccc2cc1Oc1cc(N2CCC3(CC2)CC(N2CCOC[C@H]2c2ccccc2C(C)C)C3)ccc1C(=O)NS(=O)(=O)c1cc2c(c([N+](=O)[O-])c1)N[C@@H]([C@H]1CC[C@](C)(O)CC1)CO2. The van der Waals surface area contributed by atoms with Gasteiger partial charge >= 0.3 is 0 Å². The molecule has 2 saturated heterocycles. The zero-order valence-corrected chi connectivity index (χ0v) is 42.2. The number of pyridine rings is 1. The van der Waals surface area contributed by atoms with Gasteiger partial charge in [0.25, 0.3) is 27.5 Å². The highest BCUT2D eigenvalue weighted by molar-refractivity contribution is 7.90. The van der Waals surface area contributed by atoms with Crippen molar-refractivity contribution >= 4 is 44.0 Å². The standard InChI is InChI=1S/C53H65N7O11S/c1-33(2)39-7-5-6-8-40(39)44-32-68-22-21-59(44)37-29-53(30-37)16-19-58(20-17-53)36-9-10-41(45(26-36)71-47-25-35-13-18-54-49(35)56-51(47)69-24-23-67-4)50(61)57-72(65,66)38-27-43(60(63)64)48-46(28-38)70-31-42(55-48)34-11-14-52(3,62)15-12-34/h5-10,13,18,25-28,33-34,37,42,44,55,62H,11-12,14-17,19-24,29-32H2,1-4H3,(H,54,56)(H,57,61)/t34-,42-,44+,52-/m1/s1. The van der Waals surface area contributed by atoms with E-state index in [1.165, 1.54) is 23.3 Å². The van der Waals surface area contributed by atoms with E-state index >= 15 is 0 Å². The number of fused-ring (bicyclic) bond motifs is 2. The van der Waals surface area contributed by atoms with E-state index in [1.807, 2.05) is 6.07 Å². The Bertz CT molecular complexity index is 2920. The van der Waals surface area contributed by atoms with Crippen LogP contribution >= 0.6 is 0 Å². The number of morpholine rings is 1. The summed E-state index contributed by atoms with van der Waals surface area (Å²) in [5.74, 6) is -0.150. The van der Waals surface area contributed by atoms with Crippen LogP contribution in [0.2, 0.25) is 0 Å². The molecule has 0 bridgehead atoms. The number of nitrogens with zero attached hydrogens (tertiary/aromatic N) is 4. The third kappa shape index (κ3) is 10.2. The summed E-state index contributed by atoms with van der Waals surface area (Å²) >= 11 is 0. The molecule has 384 valence electrons. The molecule has 2 saturated carbocycles. The van der Waals surface area contributed by atoms with E-state index in [0.717, 1.165) is 63.7 Å². The maximum Gasteiger partial charge on any atom is 0.297 e. The number of anilines is 2. The largest absolute Gasteiger partial charge is 0.489 e. The zero-order chi connectivity index (χ0) is 50.4. The number of carbonyl (C=O) groups is 1. The van der Waals surface area contributed by atoms with E-state index in [-0.39, 0.29) is 77.6 Å². The van der Waals surface area contributed by atoms with Crippen LogP contribution in [-0.4, -0.2) is 117 Å². The molecule has 10 rings (SSSR count). The molecule has 5 aliphatic rings. The van der Waals surface area contributed by atoms with Gasteiger partial charge in [0, 0.05) is 68.3 Å². The number of aromatic nitrogens is 2. The van der Waals surface area contributed by atoms with Gasteiger partial charge in [-0.1, -0.05) is 38.1 Å². The first-order valence-corrected chi connectivity index (χ1v) is 26.7. The van der Waals surface area contributed by atoms with Crippen molar-refractivity contribution in [2.45, 2.75) is 107 Å². The predicted molar refractivity (Wildman–Crippen MR) is 271 cm³/mol. The Morgan fingerprint density at radius 2 is 1.78 bits per heavy atom. The number of ether oxygens (including phenoxy) is 5. The lowest BCUT2D eigenvalue weighted by Crippen LogP contribution is -2.58. The second-order valence-corrected chi connectivity index (χ2v) is 22.6. The zero-order valence-electron chi connectivity index (χ0n) is 41.4. The Labute approximate surface area is 419 Å². The minimum absolute atomic E-state index is 0.0171. The summed E-state index contributed by atoms with van der Waals surface area (Å²) in [5.41, 5.74) is 2.99. The molecule has 19 heteroatoms. The van der Waals surface area contributed by atoms with Crippen molar-refractivity contribution in [2.75, 3.05) is 70.0 Å². The number of aromatic amines is 1. The fraction of sp³-hybridized carbons (Fsp3) is 0.509. The molecule has 1 spiro atoms. The number of aliphatic hydroxyl groups is 1. The molecule has 4 fully saturated rings. The topological polar surface area (TPSA) is 220 Å². The molecule has 18 nitrogen and oxygen atoms in total. The Morgan fingerprint density at radius 3 is 2.53 bits per heavy atom. The quantitative estimate of drug-likeness (QED) is 0.0439. The van der Waals surface area contributed by atoms with Crippen LogP contribution in [0.25, 0.3) is 11.0 Å². The first-order valence-electron chi connectivity index (χ1n) is 25.2. The summed E-state index contributed by atoms with van der Waals surface area (Å²) in [6.07, 6.45) is 8.52. The number of methoxy groups -OCH3 is 1. The molecule has 4 N–H and O–H groups in total. The minimum Gasteiger partial charge on any atom is -0.489 e. The van der Waals surface area contributed by atoms with Gasteiger partial charge in [0.2, 0.25) is 0 Å². The molecule has 1 amide bonds. The highest BCUT2D eigenvalue weighted by Crippen LogP contribution is 2.53. The molecule has 72 heavy (non-hydrogen) atoms. The van der Waals surface area contributed by atoms with E-state index < -0.39 is 37.0 Å². The van der Waals surface area contributed by atoms with Gasteiger partial charge in [-0.3, -0.25) is 19.8 Å². The average molecular weight is 1010 g/mol. The molecule has 2 atom stereocenters. The number of amides is 1. The van der Waals surface area contributed by atoms with Gasteiger partial charge in [-0.2, -0.15) is 4.98 Å². The lowest BCUT2D eigenvalue weighted by Gasteiger charge is -2.57. The van der Waals surface area contributed by atoms with Crippen molar-refractivity contribution in [3.8, 4) is 23.1 Å². The number of piperidine rings is 1. The summed E-state index contributed by atoms with van der Waals surface area (Å²) in [4.78, 5) is 38.3. The highest BCUT2D eigenvalue weighted by atomic mass is 32.2. The van der Waals surface area contributed by atoms with Crippen LogP contribution in [0.4, 0.5) is 17.1 Å². The predicted octanol–water partition coefficient (Wildman–Crippen LogP) is 8.47. The normalized spacial score (nSPS) is 23.5. The summed E-state index contributed by atoms with van der Waals surface area (Å²) in [6.45, 7) is 10.7. The van der Waals surface area contributed by atoms with Gasteiger partial charge in [0.15, 0.2) is 17.2 Å². The number of hydrogen-bond donors (Lipinski definition) is 4. The monoisotopic (exact) mass is 1010 g/mol. The van der Waals surface area contributed by atoms with Gasteiger partial charge in [0.1, 0.15) is 24.6 Å². The molecule has 2 aliphatic carbocycles. The minimum atomic E-state index is -4.73. The summed E-state index contributed by atoms with van der Waals surface area (Å²) in [6, 6.07) is 19.9. The number of nitrogens with one attached hydrogen (secondary N) is 3. The Balaban J connectivity index is 0.890. The fourth-order valence-corrected chi connectivity index (χ4v) is 12.6. The fourth-order valence-electron chi connectivity index (χ4n) is 11.6. The molecular weight excluding hydrogens is 943 g/mol. The van der Waals surface area contributed by atoms with E-state index in [0.29, 0.717) is 55.3 Å². The number of sulfonamides is 1. The number of benzene rings is 3. The van der Waals surface area contributed by atoms with Gasteiger partial charge in [-0.05, 0) is 111 Å². The summed E-state index contributed by atoms with van der Waals surface area (Å²) in [5, 5.41) is 26.9. The molecule has 3 aliphatic heterocycles. The van der Waals surface area contributed by atoms with E-state index in [9.17, 15) is 28.4 Å². The maximum atomic E-state index is 14.4. The van der Waals surface area contributed by atoms with Crippen molar-refractivity contribution in [3.63, 3.8) is 0 Å². The first kappa shape index (κ1) is 49.6. The third-order valence-corrected chi connectivity index (χ3v) is 17.1. The number of rotatable bonds is 15. The van der Waals surface area contributed by atoms with Crippen LogP contribution in [0.5, 0.6) is 23.1 Å². The van der Waals surface area contributed by atoms with Crippen LogP contribution in [0, 0.1) is 21.4 Å². The first-order chi connectivity index (χ1) is 34.6. The van der Waals surface area contributed by atoms with Gasteiger partial charge < -0.3 is 44.0 Å². The van der Waals surface area contributed by atoms with Crippen molar-refractivity contribution in [1.82, 2.24) is 19.6 Å². The Morgan fingerprint density at radius 1 is 1.00 bits per heavy atom. The Kier molecular flexibility index (Phi) is 13.9. The van der Waals surface area contributed by atoms with E-state index in [2.05, 4.69) is 67.9 Å². The van der Waals surface area contributed by atoms with Crippen LogP contribution in [0.3, 0.4) is 0 Å². The van der Waals surface area contributed by atoms with Crippen LogP contribution in [0.1, 0.15) is 106 Å². The average Bonchev–Trinajstić information content (AvgIpc) is 3.82. The number of nitro groups is 1. The third-order valence-electron chi connectivity index (χ3n) is 15.8. The van der Waals surface area contributed by atoms with Crippen molar-refractivity contribution < 1.29 is 46.9 Å². The van der Waals surface area contributed by atoms with Gasteiger partial charge in [0.05, 0.1) is 52.9 Å². The smallest absolute Gasteiger partial charge is 0.297 e. The van der Waals surface area contributed by atoms with Gasteiger partial charge in [-0.15, -0.1) is 0 Å². The molecule has 5 heterocycles. The van der Waals surface area contributed by atoms with Crippen LogP contribution in [0.15, 0.2) is 77.8 Å². The number of hydrogen-bond acceptors (Lipinski definition) is 15. The van der Waals surface area contributed by atoms with Crippen molar-refractivity contribution in [1.29, 1.82) is 0 Å². The number of H-pyrrole nitrogens is 1. The highest BCUT2D eigenvalue weighted by Gasteiger charge is 2.50. The molecule has 2 aromatic heterocycles. The van der Waals surface area contributed by atoms with Crippen LogP contribution in [-0.2, 0) is 19.5 Å². The maximum absolute atomic E-state index is 14.4. The van der Waals surface area contributed by atoms with Crippen LogP contribution < -0.4 is 29.1 Å². The Hall–Kier alpha value is -5.99. The molecule has 3 aromatic carbocycles. The summed E-state index contributed by atoms with van der Waals surface area (Å²) in [7, 11) is -3.17.